The average Bonchev–Trinajstić information content (AvgIpc) is 2.74. The van der Waals surface area contributed by atoms with E-state index >= 15 is 0 Å². The highest BCUT2D eigenvalue weighted by molar-refractivity contribution is 4.57. The third-order valence-electron chi connectivity index (χ3n) is 6.64. The smallest absolute Gasteiger partial charge is 0.0552 e. The van der Waals surface area contributed by atoms with Crippen molar-refractivity contribution in [2.24, 2.45) is 5.73 Å². The molecule has 0 saturated carbocycles. The minimum Gasteiger partial charge on any atom is -0.393 e. The molecule has 0 aromatic heterocycles. The Bertz CT molecular complexity index is 294. The van der Waals surface area contributed by atoms with Crippen molar-refractivity contribution in [3.63, 3.8) is 0 Å². The summed E-state index contributed by atoms with van der Waals surface area (Å²) in [6.45, 7) is 2.91. The standard InChI is InChI=1S/C28H59NO/c1-2-3-4-5-6-7-8-9-10-11-12-13-14-15-16-17-18-19-20-21-22-23-24-25-28(30)26-27-29/h28,30H,2-27,29H2,1H3. The van der Waals surface area contributed by atoms with E-state index in [2.05, 4.69) is 6.92 Å². The molecule has 0 aromatic carbocycles. The topological polar surface area (TPSA) is 46.2 Å². The molecule has 0 radical (unpaired) electrons. The zero-order valence-corrected chi connectivity index (χ0v) is 21.0. The summed E-state index contributed by atoms with van der Waals surface area (Å²) in [6, 6.07) is 0. The molecule has 0 aliphatic heterocycles. The number of unbranched alkanes of at least 4 members (excludes halogenated alkanes) is 22. The number of nitrogens with two attached hydrogens (primary N) is 1. The van der Waals surface area contributed by atoms with Gasteiger partial charge in [-0.3, -0.25) is 0 Å². The van der Waals surface area contributed by atoms with Crippen LogP contribution in [0.2, 0.25) is 0 Å². The SMILES string of the molecule is CCCCCCCCCCCCCCCCCCCCCCCCCC(O)CCN. The molecule has 1 atom stereocenters. The van der Waals surface area contributed by atoms with E-state index in [0.717, 1.165) is 12.8 Å². The lowest BCUT2D eigenvalue weighted by Gasteiger charge is -2.08. The monoisotopic (exact) mass is 425 g/mol. The van der Waals surface area contributed by atoms with E-state index in [0.29, 0.717) is 6.54 Å². The molecular weight excluding hydrogens is 366 g/mol. The number of aliphatic hydroxyl groups excluding tert-OH is 1. The molecular formula is C28H59NO. The molecule has 0 aromatic rings. The molecule has 3 N–H and O–H groups in total. The molecule has 0 aliphatic rings. The second kappa shape index (κ2) is 27.0. The van der Waals surface area contributed by atoms with Crippen LogP contribution in [0.5, 0.6) is 0 Å². The van der Waals surface area contributed by atoms with Crippen LogP contribution < -0.4 is 5.73 Å². The van der Waals surface area contributed by atoms with Crippen molar-refractivity contribution >= 4 is 0 Å². The van der Waals surface area contributed by atoms with Crippen molar-refractivity contribution in [1.82, 2.24) is 0 Å². The Morgan fingerprint density at radius 1 is 0.433 bits per heavy atom. The minimum atomic E-state index is -0.162. The Morgan fingerprint density at radius 2 is 0.700 bits per heavy atom. The van der Waals surface area contributed by atoms with Gasteiger partial charge in [0.25, 0.3) is 0 Å². The fourth-order valence-corrected chi connectivity index (χ4v) is 4.50. The molecule has 182 valence electrons. The Hall–Kier alpha value is -0.0800. The van der Waals surface area contributed by atoms with Gasteiger partial charge in [0.05, 0.1) is 6.10 Å². The maximum absolute atomic E-state index is 9.64. The zero-order valence-electron chi connectivity index (χ0n) is 21.0. The fourth-order valence-electron chi connectivity index (χ4n) is 4.50. The lowest BCUT2D eigenvalue weighted by Crippen LogP contribution is -2.12. The maximum atomic E-state index is 9.64. The first kappa shape index (κ1) is 29.9. The molecule has 2 nitrogen and oxygen atoms in total. The zero-order chi connectivity index (χ0) is 22.0. The van der Waals surface area contributed by atoms with Crippen molar-refractivity contribution in [2.75, 3.05) is 6.54 Å². The van der Waals surface area contributed by atoms with E-state index in [1.165, 1.54) is 148 Å². The Balaban J connectivity index is 3.02. The number of aliphatic hydroxyl groups is 1. The Kier molecular flexibility index (Phi) is 26.9. The van der Waals surface area contributed by atoms with Gasteiger partial charge in [-0.05, 0) is 19.4 Å². The van der Waals surface area contributed by atoms with Gasteiger partial charge < -0.3 is 10.8 Å². The summed E-state index contributed by atoms with van der Waals surface area (Å²) in [5, 5.41) is 9.64. The summed E-state index contributed by atoms with van der Waals surface area (Å²) in [4.78, 5) is 0. The van der Waals surface area contributed by atoms with Crippen LogP contribution in [-0.2, 0) is 0 Å². The molecule has 0 saturated heterocycles. The van der Waals surface area contributed by atoms with Gasteiger partial charge >= 0.3 is 0 Å². The van der Waals surface area contributed by atoms with Gasteiger partial charge in [-0.1, -0.05) is 155 Å². The van der Waals surface area contributed by atoms with Crippen LogP contribution >= 0.6 is 0 Å². The second-order valence-electron chi connectivity index (χ2n) is 9.80. The number of hydrogen-bond donors (Lipinski definition) is 2. The molecule has 0 heterocycles. The third kappa shape index (κ3) is 26.0. The Labute approximate surface area is 191 Å². The van der Waals surface area contributed by atoms with E-state index in [1.807, 2.05) is 0 Å². The van der Waals surface area contributed by atoms with Crippen molar-refractivity contribution in [3.05, 3.63) is 0 Å². The fraction of sp³-hybridized carbons (Fsp3) is 1.00. The lowest BCUT2D eigenvalue weighted by molar-refractivity contribution is 0.153. The quantitative estimate of drug-likeness (QED) is 0.136. The van der Waals surface area contributed by atoms with Crippen LogP contribution in [0.1, 0.15) is 167 Å². The van der Waals surface area contributed by atoms with Crippen LogP contribution in [0.4, 0.5) is 0 Å². The number of rotatable bonds is 26. The summed E-state index contributed by atoms with van der Waals surface area (Å²) >= 11 is 0. The van der Waals surface area contributed by atoms with Crippen LogP contribution in [0.25, 0.3) is 0 Å². The molecule has 0 rings (SSSR count). The highest BCUT2D eigenvalue weighted by Gasteiger charge is 2.01. The van der Waals surface area contributed by atoms with Crippen molar-refractivity contribution in [1.29, 1.82) is 0 Å². The van der Waals surface area contributed by atoms with Crippen LogP contribution in [0.3, 0.4) is 0 Å². The van der Waals surface area contributed by atoms with E-state index in [1.54, 1.807) is 0 Å². The van der Waals surface area contributed by atoms with E-state index in [-0.39, 0.29) is 6.10 Å². The van der Waals surface area contributed by atoms with Crippen LogP contribution in [0.15, 0.2) is 0 Å². The van der Waals surface area contributed by atoms with Gasteiger partial charge in [-0.25, -0.2) is 0 Å². The van der Waals surface area contributed by atoms with Crippen molar-refractivity contribution < 1.29 is 5.11 Å². The first-order valence-corrected chi connectivity index (χ1v) is 14.2. The molecule has 0 fully saturated rings. The van der Waals surface area contributed by atoms with Gasteiger partial charge in [0, 0.05) is 0 Å². The first-order chi connectivity index (χ1) is 14.8. The summed E-state index contributed by atoms with van der Waals surface area (Å²) in [7, 11) is 0. The summed E-state index contributed by atoms with van der Waals surface area (Å²) in [5.74, 6) is 0. The second-order valence-corrected chi connectivity index (χ2v) is 9.80. The molecule has 0 aliphatic carbocycles. The van der Waals surface area contributed by atoms with Crippen molar-refractivity contribution in [2.45, 2.75) is 174 Å². The average molecular weight is 426 g/mol. The van der Waals surface area contributed by atoms with E-state index in [4.69, 9.17) is 5.73 Å². The van der Waals surface area contributed by atoms with Gasteiger partial charge in [-0.2, -0.15) is 0 Å². The van der Waals surface area contributed by atoms with E-state index in [9.17, 15) is 5.11 Å². The summed E-state index contributed by atoms with van der Waals surface area (Å²) in [6.07, 6.45) is 34.3. The third-order valence-corrected chi connectivity index (χ3v) is 6.64. The van der Waals surface area contributed by atoms with Crippen LogP contribution in [0, 0.1) is 0 Å². The largest absolute Gasteiger partial charge is 0.393 e. The molecule has 2 heteroatoms. The normalized spacial score (nSPS) is 12.5. The first-order valence-electron chi connectivity index (χ1n) is 14.2. The van der Waals surface area contributed by atoms with E-state index < -0.39 is 0 Å². The number of hydrogen-bond acceptors (Lipinski definition) is 2. The minimum absolute atomic E-state index is 0.162. The van der Waals surface area contributed by atoms with Gasteiger partial charge in [-0.15, -0.1) is 0 Å². The van der Waals surface area contributed by atoms with Crippen molar-refractivity contribution in [3.8, 4) is 0 Å². The maximum Gasteiger partial charge on any atom is 0.0552 e. The van der Waals surface area contributed by atoms with Gasteiger partial charge in [0.15, 0.2) is 0 Å². The molecule has 0 spiro atoms. The Morgan fingerprint density at radius 3 is 0.967 bits per heavy atom. The summed E-state index contributed by atoms with van der Waals surface area (Å²) < 4.78 is 0. The molecule has 1 unspecified atom stereocenters. The highest BCUT2D eigenvalue weighted by atomic mass is 16.3. The predicted octanol–water partition coefficient (Wildman–Crippen LogP) is 9.08. The van der Waals surface area contributed by atoms with Gasteiger partial charge in [0.1, 0.15) is 0 Å². The molecule has 0 bridgehead atoms. The highest BCUT2D eigenvalue weighted by Crippen LogP contribution is 2.15. The molecule has 0 amide bonds. The predicted molar refractivity (Wildman–Crippen MR) is 136 cm³/mol. The summed E-state index contributed by atoms with van der Waals surface area (Å²) in [5.41, 5.74) is 5.46. The lowest BCUT2D eigenvalue weighted by atomic mass is 10.0. The molecule has 30 heavy (non-hydrogen) atoms. The van der Waals surface area contributed by atoms with Crippen LogP contribution in [-0.4, -0.2) is 17.8 Å². The van der Waals surface area contributed by atoms with Gasteiger partial charge in [0.2, 0.25) is 0 Å².